The molecule has 92 valence electrons. The van der Waals surface area contributed by atoms with Crippen molar-refractivity contribution in [1.82, 2.24) is 10.3 Å². The van der Waals surface area contributed by atoms with E-state index in [0.717, 1.165) is 23.7 Å². The zero-order valence-electron chi connectivity index (χ0n) is 9.59. The van der Waals surface area contributed by atoms with Gasteiger partial charge in [-0.05, 0) is 24.3 Å². The number of nitrogen functional groups attached to an aromatic ring is 1. The lowest BCUT2D eigenvalue weighted by Gasteiger charge is -2.32. The van der Waals surface area contributed by atoms with Gasteiger partial charge in [0.05, 0.1) is 0 Å². The number of nitrogens with zero attached hydrogens (tertiary/aromatic N) is 2. The molecule has 0 aromatic heterocycles. The molecule has 0 atom stereocenters. The number of carbonyl (C=O) groups excluding carboxylic acids is 1. The molecule has 2 heterocycles. The summed E-state index contributed by atoms with van der Waals surface area (Å²) in [7, 11) is 0. The zero-order valence-corrected chi connectivity index (χ0v) is 10.4. The molecule has 5 nitrogen and oxygen atoms in total. The molecule has 18 heavy (non-hydrogen) atoms. The number of hydrogen-bond acceptors (Lipinski definition) is 5. The molecule has 2 aliphatic heterocycles. The number of fused-ring (bicyclic) bond motifs is 1. The van der Waals surface area contributed by atoms with Crippen molar-refractivity contribution in [3.8, 4) is 0 Å². The lowest BCUT2D eigenvalue weighted by atomic mass is 10.1. The molecule has 1 aromatic carbocycles. The zero-order chi connectivity index (χ0) is 12.5. The standard InChI is InChI=1S/C12H12N4OS/c13-9-3-1-8(2-4-9)11-14-15-12(17)10-7-18-6-5-16(10)11/h1-4,7H,5-6,13H2,(H,15,17). The van der Waals surface area contributed by atoms with Crippen molar-refractivity contribution in [3.63, 3.8) is 0 Å². The highest BCUT2D eigenvalue weighted by atomic mass is 32.2. The van der Waals surface area contributed by atoms with E-state index in [1.165, 1.54) is 0 Å². The second-order valence-electron chi connectivity index (χ2n) is 4.02. The summed E-state index contributed by atoms with van der Waals surface area (Å²) in [6.45, 7) is 0.785. The summed E-state index contributed by atoms with van der Waals surface area (Å²) >= 11 is 1.64. The Hall–Kier alpha value is -1.95. The lowest BCUT2D eigenvalue weighted by Crippen LogP contribution is -2.45. The second kappa shape index (κ2) is 4.38. The third-order valence-corrected chi connectivity index (χ3v) is 3.65. The van der Waals surface area contributed by atoms with Gasteiger partial charge in [0.1, 0.15) is 5.70 Å². The van der Waals surface area contributed by atoms with Crippen LogP contribution in [0.25, 0.3) is 0 Å². The minimum atomic E-state index is -0.151. The lowest BCUT2D eigenvalue weighted by molar-refractivity contribution is -0.119. The van der Waals surface area contributed by atoms with Gasteiger partial charge in [-0.15, -0.1) is 11.8 Å². The average Bonchev–Trinajstić information content (AvgIpc) is 2.41. The van der Waals surface area contributed by atoms with Crippen LogP contribution in [0.15, 0.2) is 40.5 Å². The number of nitrogens with two attached hydrogens (primary N) is 1. The maximum atomic E-state index is 11.7. The van der Waals surface area contributed by atoms with Crippen molar-refractivity contribution in [3.05, 3.63) is 40.9 Å². The Balaban J connectivity index is 2.01. The molecule has 0 spiro atoms. The van der Waals surface area contributed by atoms with Crippen molar-refractivity contribution in [2.24, 2.45) is 5.10 Å². The summed E-state index contributed by atoms with van der Waals surface area (Å²) in [5.41, 5.74) is 10.5. The van der Waals surface area contributed by atoms with Gasteiger partial charge in [0.15, 0.2) is 5.84 Å². The van der Waals surface area contributed by atoms with Crippen molar-refractivity contribution in [1.29, 1.82) is 0 Å². The summed E-state index contributed by atoms with van der Waals surface area (Å²) in [5.74, 6) is 1.56. The van der Waals surface area contributed by atoms with Crippen LogP contribution in [0, 0.1) is 0 Å². The molecule has 0 unspecified atom stereocenters. The predicted molar refractivity (Wildman–Crippen MR) is 72.8 cm³/mol. The second-order valence-corrected chi connectivity index (χ2v) is 5.00. The molecule has 0 aliphatic carbocycles. The van der Waals surface area contributed by atoms with Crippen LogP contribution in [0.3, 0.4) is 0 Å². The van der Waals surface area contributed by atoms with Gasteiger partial charge in [0, 0.05) is 29.0 Å². The smallest absolute Gasteiger partial charge is 0.288 e. The number of amidine groups is 1. The van der Waals surface area contributed by atoms with E-state index < -0.39 is 0 Å². The third kappa shape index (κ3) is 1.84. The molecule has 0 saturated heterocycles. The van der Waals surface area contributed by atoms with Crippen LogP contribution in [-0.2, 0) is 4.79 Å². The molecule has 0 bridgehead atoms. The van der Waals surface area contributed by atoms with E-state index in [0.29, 0.717) is 11.4 Å². The topological polar surface area (TPSA) is 70.7 Å². The first-order chi connectivity index (χ1) is 8.75. The molecule has 3 rings (SSSR count). The van der Waals surface area contributed by atoms with Gasteiger partial charge in [0.2, 0.25) is 0 Å². The fourth-order valence-electron chi connectivity index (χ4n) is 1.94. The molecule has 1 amide bonds. The Bertz CT molecular complexity index is 550. The number of thioether (sulfide) groups is 1. The normalized spacial score (nSPS) is 18.7. The fourth-order valence-corrected chi connectivity index (χ4v) is 2.73. The summed E-state index contributed by atoms with van der Waals surface area (Å²) < 4.78 is 0. The summed E-state index contributed by atoms with van der Waals surface area (Å²) in [5, 5.41) is 6.03. The number of amides is 1. The summed E-state index contributed by atoms with van der Waals surface area (Å²) in [6, 6.07) is 7.47. The number of hydrogen-bond donors (Lipinski definition) is 2. The molecule has 1 aromatic rings. The highest BCUT2D eigenvalue weighted by Crippen LogP contribution is 2.24. The van der Waals surface area contributed by atoms with Gasteiger partial charge < -0.3 is 10.6 Å². The highest BCUT2D eigenvalue weighted by molar-refractivity contribution is 8.02. The Labute approximate surface area is 109 Å². The van der Waals surface area contributed by atoms with Gasteiger partial charge in [-0.1, -0.05) is 0 Å². The average molecular weight is 260 g/mol. The van der Waals surface area contributed by atoms with Gasteiger partial charge >= 0.3 is 0 Å². The molecule has 2 aliphatic rings. The van der Waals surface area contributed by atoms with E-state index in [4.69, 9.17) is 5.73 Å². The Kier molecular flexibility index (Phi) is 2.71. The largest absolute Gasteiger partial charge is 0.399 e. The van der Waals surface area contributed by atoms with E-state index in [2.05, 4.69) is 10.5 Å². The Morgan fingerprint density at radius 2 is 2.11 bits per heavy atom. The van der Waals surface area contributed by atoms with Crippen LogP contribution in [0.4, 0.5) is 5.69 Å². The number of anilines is 1. The maximum Gasteiger partial charge on any atom is 0.288 e. The van der Waals surface area contributed by atoms with Crippen molar-refractivity contribution in [2.45, 2.75) is 0 Å². The minimum absolute atomic E-state index is 0.151. The van der Waals surface area contributed by atoms with Gasteiger partial charge in [-0.3, -0.25) is 4.79 Å². The molecule has 6 heteroatoms. The van der Waals surface area contributed by atoms with E-state index in [-0.39, 0.29) is 5.91 Å². The summed E-state index contributed by atoms with van der Waals surface area (Å²) in [6.07, 6.45) is 0. The molecule has 0 radical (unpaired) electrons. The molecular formula is C12H12N4OS. The number of rotatable bonds is 1. The summed E-state index contributed by atoms with van der Waals surface area (Å²) in [4.78, 5) is 13.6. The number of nitrogens with one attached hydrogen (secondary N) is 1. The van der Waals surface area contributed by atoms with E-state index in [9.17, 15) is 4.79 Å². The predicted octanol–water partition coefficient (Wildman–Crippen LogP) is 0.950. The van der Waals surface area contributed by atoms with Crippen LogP contribution in [0.1, 0.15) is 5.56 Å². The van der Waals surface area contributed by atoms with Crippen LogP contribution >= 0.6 is 11.8 Å². The van der Waals surface area contributed by atoms with Crippen molar-refractivity contribution < 1.29 is 4.79 Å². The van der Waals surface area contributed by atoms with Crippen molar-refractivity contribution in [2.75, 3.05) is 18.0 Å². The molecular weight excluding hydrogens is 248 g/mol. The molecule has 0 fully saturated rings. The fraction of sp³-hybridized carbons (Fsp3) is 0.167. The van der Waals surface area contributed by atoms with Gasteiger partial charge in [-0.2, -0.15) is 5.10 Å². The Morgan fingerprint density at radius 3 is 2.89 bits per heavy atom. The van der Waals surface area contributed by atoms with Crippen molar-refractivity contribution >= 4 is 29.2 Å². The number of benzene rings is 1. The first-order valence-electron chi connectivity index (χ1n) is 5.59. The molecule has 3 N–H and O–H groups in total. The van der Waals surface area contributed by atoms with E-state index in [1.807, 2.05) is 34.6 Å². The van der Waals surface area contributed by atoms with Gasteiger partial charge in [0.25, 0.3) is 5.91 Å². The monoisotopic (exact) mass is 260 g/mol. The first-order valence-corrected chi connectivity index (χ1v) is 6.64. The maximum absolute atomic E-state index is 11.7. The van der Waals surface area contributed by atoms with Crippen LogP contribution in [0.5, 0.6) is 0 Å². The van der Waals surface area contributed by atoms with Crippen LogP contribution in [0.2, 0.25) is 0 Å². The number of carbonyl (C=O) groups is 1. The minimum Gasteiger partial charge on any atom is -0.399 e. The number of hydrazone groups is 1. The van der Waals surface area contributed by atoms with Gasteiger partial charge in [-0.25, -0.2) is 5.43 Å². The van der Waals surface area contributed by atoms with Crippen LogP contribution in [-0.4, -0.2) is 28.9 Å². The first kappa shape index (κ1) is 11.2. The Morgan fingerprint density at radius 1 is 1.33 bits per heavy atom. The highest BCUT2D eigenvalue weighted by Gasteiger charge is 2.29. The SMILES string of the molecule is Nc1ccc(C2=NNC(=O)C3=CSCCN32)cc1. The molecule has 0 saturated carbocycles. The quantitative estimate of drug-likeness (QED) is 0.738. The van der Waals surface area contributed by atoms with E-state index in [1.54, 1.807) is 11.8 Å². The third-order valence-electron chi connectivity index (χ3n) is 2.84. The van der Waals surface area contributed by atoms with Crippen LogP contribution < -0.4 is 11.2 Å². The van der Waals surface area contributed by atoms with E-state index >= 15 is 0 Å².